The van der Waals surface area contributed by atoms with E-state index in [1.54, 1.807) is 32.0 Å². The highest BCUT2D eigenvalue weighted by Crippen LogP contribution is 2.22. The van der Waals surface area contributed by atoms with Gasteiger partial charge < -0.3 is 4.74 Å². The predicted octanol–water partition coefficient (Wildman–Crippen LogP) is 2.55. The van der Waals surface area contributed by atoms with Crippen molar-refractivity contribution in [2.75, 3.05) is 0 Å². The van der Waals surface area contributed by atoms with Gasteiger partial charge in [-0.25, -0.2) is 13.1 Å². The lowest BCUT2D eigenvalue weighted by molar-refractivity contribution is -0.143. The van der Waals surface area contributed by atoms with Gasteiger partial charge in [0.05, 0.1) is 12.3 Å². The number of nitrogens with zero attached hydrogens (tertiary/aromatic N) is 1. The highest BCUT2D eigenvalue weighted by Gasteiger charge is 2.41. The molecule has 0 aliphatic carbocycles. The molecule has 0 fully saturated rings. The lowest BCUT2D eigenvalue weighted by Crippen LogP contribution is -2.44. The topological polar surface area (TPSA) is 85.4 Å². The third-order valence-corrected chi connectivity index (χ3v) is 4.50. The van der Waals surface area contributed by atoms with Gasteiger partial charge in [-0.1, -0.05) is 30.3 Å². The quantitative estimate of drug-likeness (QED) is 0.793. The molecule has 26 heavy (non-hydrogen) atoms. The number of carbonyl (C=O) groups is 1. The molecule has 0 saturated carbocycles. The Morgan fingerprint density at radius 2 is 1.88 bits per heavy atom. The molecule has 0 spiro atoms. The zero-order chi connectivity index (χ0) is 19.4. The summed E-state index contributed by atoms with van der Waals surface area (Å²) in [7, 11) is -4.52. The van der Waals surface area contributed by atoms with Gasteiger partial charge in [0, 0.05) is 18.7 Å². The number of halogens is 2. The number of benzene rings is 1. The molecule has 6 nitrogen and oxygen atoms in total. The van der Waals surface area contributed by atoms with Crippen molar-refractivity contribution in [2.24, 2.45) is 0 Å². The van der Waals surface area contributed by atoms with E-state index in [1.807, 2.05) is 0 Å². The van der Waals surface area contributed by atoms with Crippen LogP contribution in [-0.4, -0.2) is 31.3 Å². The molecule has 0 aliphatic heterocycles. The number of rotatable bonds is 7. The molecule has 0 saturated heterocycles. The third kappa shape index (κ3) is 5.22. The van der Waals surface area contributed by atoms with E-state index in [1.165, 1.54) is 23.1 Å². The standard InChI is InChI=1S/C17H18F2N2O4S/c1-12(2)25-14-8-15(11-20-10-14)26(23,24)21-16(22)17(18,19)9-13-6-4-3-5-7-13/h3-8,10-12H,9H2,1-2H3,(H,21,22). The van der Waals surface area contributed by atoms with Gasteiger partial charge in [0.1, 0.15) is 10.6 Å². The van der Waals surface area contributed by atoms with Gasteiger partial charge in [0.25, 0.3) is 10.0 Å². The van der Waals surface area contributed by atoms with E-state index in [-0.39, 0.29) is 17.4 Å². The van der Waals surface area contributed by atoms with Gasteiger partial charge in [-0.2, -0.15) is 8.78 Å². The molecule has 140 valence electrons. The predicted molar refractivity (Wildman–Crippen MR) is 90.4 cm³/mol. The summed E-state index contributed by atoms with van der Waals surface area (Å²) >= 11 is 0. The van der Waals surface area contributed by atoms with Gasteiger partial charge in [0.2, 0.25) is 0 Å². The van der Waals surface area contributed by atoms with Gasteiger partial charge in [0.15, 0.2) is 0 Å². The molecule has 9 heteroatoms. The molecule has 0 atom stereocenters. The lowest BCUT2D eigenvalue weighted by atomic mass is 10.1. The van der Waals surface area contributed by atoms with Crippen LogP contribution in [-0.2, 0) is 21.2 Å². The molecule has 1 heterocycles. The van der Waals surface area contributed by atoms with Crippen LogP contribution in [0.1, 0.15) is 19.4 Å². The summed E-state index contributed by atoms with van der Waals surface area (Å²) in [5.41, 5.74) is 0.207. The number of pyridine rings is 1. The number of amides is 1. The van der Waals surface area contributed by atoms with Crippen molar-refractivity contribution in [1.29, 1.82) is 0 Å². The minimum Gasteiger partial charge on any atom is -0.489 e. The number of hydrogen-bond acceptors (Lipinski definition) is 5. The second-order valence-electron chi connectivity index (χ2n) is 5.82. The fourth-order valence-electron chi connectivity index (χ4n) is 2.07. The molecule has 0 aliphatic rings. The molecule has 1 N–H and O–H groups in total. The molecule has 0 radical (unpaired) electrons. The Morgan fingerprint density at radius 1 is 1.23 bits per heavy atom. The zero-order valence-corrected chi connectivity index (χ0v) is 15.0. The summed E-state index contributed by atoms with van der Waals surface area (Å²) in [5, 5.41) is 0. The van der Waals surface area contributed by atoms with Crippen LogP contribution >= 0.6 is 0 Å². The van der Waals surface area contributed by atoms with E-state index in [0.717, 1.165) is 12.3 Å². The lowest BCUT2D eigenvalue weighted by Gasteiger charge is -2.16. The zero-order valence-electron chi connectivity index (χ0n) is 14.1. The second-order valence-corrected chi connectivity index (χ2v) is 7.51. The van der Waals surface area contributed by atoms with Gasteiger partial charge in [-0.3, -0.25) is 9.78 Å². The van der Waals surface area contributed by atoms with Crippen molar-refractivity contribution in [2.45, 2.75) is 37.2 Å². The van der Waals surface area contributed by atoms with Crippen LogP contribution in [0.5, 0.6) is 5.75 Å². The monoisotopic (exact) mass is 384 g/mol. The van der Waals surface area contributed by atoms with Crippen LogP contribution in [0.15, 0.2) is 53.7 Å². The molecule has 2 rings (SSSR count). The first kappa shape index (κ1) is 19.8. The van der Waals surface area contributed by atoms with Crippen LogP contribution in [0.2, 0.25) is 0 Å². The smallest absolute Gasteiger partial charge is 0.329 e. The number of alkyl halides is 2. The second kappa shape index (κ2) is 7.77. The van der Waals surface area contributed by atoms with E-state index in [4.69, 9.17) is 4.74 Å². The maximum Gasteiger partial charge on any atom is 0.329 e. The van der Waals surface area contributed by atoms with E-state index >= 15 is 0 Å². The fourth-order valence-corrected chi connectivity index (χ4v) is 3.05. The highest BCUT2D eigenvalue weighted by atomic mass is 32.2. The van der Waals surface area contributed by atoms with Gasteiger partial charge >= 0.3 is 11.8 Å². The van der Waals surface area contributed by atoms with E-state index in [0.29, 0.717) is 0 Å². The van der Waals surface area contributed by atoms with Crippen LogP contribution in [0.25, 0.3) is 0 Å². The van der Waals surface area contributed by atoms with Crippen LogP contribution < -0.4 is 9.46 Å². The summed E-state index contributed by atoms with van der Waals surface area (Å²) in [5.74, 6) is -5.66. The van der Waals surface area contributed by atoms with Gasteiger partial charge in [-0.15, -0.1) is 0 Å². The van der Waals surface area contributed by atoms with Crippen LogP contribution in [0, 0.1) is 0 Å². The molecule has 1 aromatic heterocycles. The molecular formula is C17H18F2N2O4S. The molecule has 0 bridgehead atoms. The Labute approximate surface area is 150 Å². The fraction of sp³-hybridized carbons (Fsp3) is 0.294. The molecular weight excluding hydrogens is 366 g/mol. The maximum atomic E-state index is 14.1. The summed E-state index contributed by atoms with van der Waals surface area (Å²) in [6, 6.07) is 8.69. The highest BCUT2D eigenvalue weighted by molar-refractivity contribution is 7.90. The van der Waals surface area contributed by atoms with Gasteiger partial charge in [-0.05, 0) is 19.4 Å². The number of hydrogen-bond donors (Lipinski definition) is 1. The maximum absolute atomic E-state index is 14.1. The largest absolute Gasteiger partial charge is 0.489 e. The normalized spacial score (nSPS) is 12.0. The number of aromatic nitrogens is 1. The van der Waals surface area contributed by atoms with E-state index in [2.05, 4.69) is 4.98 Å². The minimum atomic E-state index is -4.52. The van der Waals surface area contributed by atoms with E-state index in [9.17, 15) is 22.0 Å². The molecule has 0 unspecified atom stereocenters. The molecule has 1 aromatic carbocycles. The van der Waals surface area contributed by atoms with Crippen molar-refractivity contribution in [1.82, 2.24) is 9.71 Å². The third-order valence-electron chi connectivity index (χ3n) is 3.20. The minimum absolute atomic E-state index is 0.145. The Bertz CT molecular complexity index is 871. The Kier molecular flexibility index (Phi) is 5.91. The number of ether oxygens (including phenoxy) is 1. The summed E-state index contributed by atoms with van der Waals surface area (Å²) in [4.78, 5) is 15.1. The van der Waals surface area contributed by atoms with Crippen LogP contribution in [0.4, 0.5) is 8.78 Å². The Hall–Kier alpha value is -2.55. The van der Waals surface area contributed by atoms with Crippen molar-refractivity contribution in [3.63, 3.8) is 0 Å². The first-order valence-corrected chi connectivity index (χ1v) is 9.19. The van der Waals surface area contributed by atoms with Crippen molar-refractivity contribution >= 4 is 15.9 Å². The first-order valence-electron chi connectivity index (χ1n) is 7.71. The van der Waals surface area contributed by atoms with Crippen LogP contribution in [0.3, 0.4) is 0 Å². The molecule has 1 amide bonds. The van der Waals surface area contributed by atoms with Crippen molar-refractivity contribution in [3.05, 3.63) is 54.4 Å². The van der Waals surface area contributed by atoms with E-state index < -0.39 is 33.2 Å². The summed E-state index contributed by atoms with van der Waals surface area (Å²) in [6.45, 7) is 3.46. The molecule has 2 aromatic rings. The SMILES string of the molecule is CC(C)Oc1cncc(S(=O)(=O)NC(=O)C(F)(F)Cc2ccccc2)c1. The van der Waals surface area contributed by atoms with Crippen molar-refractivity contribution in [3.8, 4) is 5.75 Å². The summed E-state index contributed by atoms with van der Waals surface area (Å²) < 4.78 is 59.3. The van der Waals surface area contributed by atoms with Crippen molar-refractivity contribution < 1.29 is 26.7 Å². The Morgan fingerprint density at radius 3 is 2.50 bits per heavy atom. The average Bonchev–Trinajstić information content (AvgIpc) is 2.54. The average molecular weight is 384 g/mol. The summed E-state index contributed by atoms with van der Waals surface area (Å²) in [6.07, 6.45) is 1.08. The first-order chi connectivity index (χ1) is 12.1. The number of nitrogens with one attached hydrogen (secondary N) is 1. The number of sulfonamides is 1. The Balaban J connectivity index is 2.16. The number of carbonyl (C=O) groups excluding carboxylic acids is 1.